The smallest absolute Gasteiger partial charge is 0.342 e. The van der Waals surface area contributed by atoms with Gasteiger partial charge in [-0.2, -0.15) is 5.26 Å². The van der Waals surface area contributed by atoms with Crippen LogP contribution in [-0.4, -0.2) is 46.9 Å². The number of esters is 3. The number of thiophene rings is 1. The van der Waals surface area contributed by atoms with Crippen LogP contribution in [0.4, 0.5) is 5.82 Å². The van der Waals surface area contributed by atoms with E-state index in [4.69, 9.17) is 19.9 Å². The van der Waals surface area contributed by atoms with Gasteiger partial charge in [-0.15, -0.1) is 11.3 Å². The van der Waals surface area contributed by atoms with E-state index in [2.05, 4.69) is 0 Å². The van der Waals surface area contributed by atoms with Gasteiger partial charge in [0, 0.05) is 27.7 Å². The molecule has 0 unspecified atom stereocenters. The fourth-order valence-corrected chi connectivity index (χ4v) is 5.62. The molecular weight excluding hydrogens is 510 g/mol. The van der Waals surface area contributed by atoms with Crippen molar-refractivity contribution < 1.29 is 33.7 Å². The standard InChI is InChI=1S/C27H31N3O7S/c1-7-35-25(32)18-14(5)30-23(22(26(33)36-8-2)21(18)17-10-9-11-38-17)20(16(12-28)24(30)29)19(15(6)31)27(34)37-13(3)4/h9-11,13,21-22,31H,7-8,29H2,1-6H3/b19-15+/t21-,22+/m1/s1. The Morgan fingerprint density at radius 1 is 1.24 bits per heavy atom. The lowest BCUT2D eigenvalue weighted by atomic mass is 9.77. The topological polar surface area (TPSA) is 154 Å². The monoisotopic (exact) mass is 541 g/mol. The Morgan fingerprint density at radius 3 is 2.39 bits per heavy atom. The van der Waals surface area contributed by atoms with Crippen LogP contribution in [0.2, 0.25) is 0 Å². The van der Waals surface area contributed by atoms with E-state index in [0.29, 0.717) is 10.6 Å². The molecular formula is C27H31N3O7S. The summed E-state index contributed by atoms with van der Waals surface area (Å²) >= 11 is 1.33. The quantitative estimate of drug-likeness (QED) is 0.213. The van der Waals surface area contributed by atoms with Gasteiger partial charge in [0.05, 0.1) is 24.9 Å². The lowest BCUT2D eigenvalue weighted by Crippen LogP contribution is -2.34. The van der Waals surface area contributed by atoms with Crippen molar-refractivity contribution in [2.24, 2.45) is 0 Å². The zero-order chi connectivity index (χ0) is 28.3. The first-order chi connectivity index (χ1) is 18.0. The number of ether oxygens (including phenoxy) is 3. The molecule has 0 fully saturated rings. The number of nitrogen functional groups attached to an aromatic ring is 1. The Bertz CT molecular complexity index is 1360. The SMILES string of the molecule is CCOC(=O)C1=C(C)n2c(N)c(C#N)c(/C(C(=O)OC(C)C)=C(/C)O)c2[C@@H](C(=O)OCC)[C@@H]1c1cccs1. The minimum atomic E-state index is -1.21. The number of hydrogen-bond acceptors (Lipinski definition) is 10. The third kappa shape index (κ3) is 4.91. The van der Waals surface area contributed by atoms with E-state index in [1.54, 1.807) is 46.8 Å². The first-order valence-corrected chi connectivity index (χ1v) is 13.0. The maximum atomic E-state index is 13.7. The highest BCUT2D eigenvalue weighted by Crippen LogP contribution is 2.52. The van der Waals surface area contributed by atoms with E-state index in [1.165, 1.54) is 22.8 Å². The lowest BCUT2D eigenvalue weighted by molar-refractivity contribution is -0.146. The van der Waals surface area contributed by atoms with Crippen molar-refractivity contribution in [1.29, 1.82) is 5.26 Å². The van der Waals surface area contributed by atoms with Crippen molar-refractivity contribution >= 4 is 46.3 Å². The average molecular weight is 542 g/mol. The predicted molar refractivity (Wildman–Crippen MR) is 142 cm³/mol. The number of nitrogens with zero attached hydrogens (tertiary/aromatic N) is 2. The number of carbonyl (C=O) groups is 3. The number of aromatic nitrogens is 1. The summed E-state index contributed by atoms with van der Waals surface area (Å²) in [5, 5.41) is 22.6. The summed E-state index contributed by atoms with van der Waals surface area (Å²) < 4.78 is 17.6. The third-order valence-corrected chi connectivity index (χ3v) is 7.02. The van der Waals surface area contributed by atoms with Crippen molar-refractivity contribution in [2.45, 2.75) is 59.5 Å². The molecule has 0 bridgehead atoms. The number of fused-ring (bicyclic) bond motifs is 1. The molecule has 11 heteroatoms. The van der Waals surface area contributed by atoms with Gasteiger partial charge in [-0.1, -0.05) is 6.07 Å². The van der Waals surface area contributed by atoms with Crippen LogP contribution >= 0.6 is 11.3 Å². The molecule has 1 aliphatic rings. The Hall–Kier alpha value is -4.04. The largest absolute Gasteiger partial charge is 0.512 e. The van der Waals surface area contributed by atoms with E-state index in [-0.39, 0.29) is 47.0 Å². The van der Waals surface area contributed by atoms with Crippen LogP contribution < -0.4 is 5.73 Å². The number of rotatable bonds is 8. The minimum Gasteiger partial charge on any atom is -0.512 e. The van der Waals surface area contributed by atoms with Gasteiger partial charge in [-0.05, 0) is 53.0 Å². The van der Waals surface area contributed by atoms with Crippen molar-refractivity contribution in [3.05, 3.63) is 50.5 Å². The normalized spacial score (nSPS) is 17.4. The summed E-state index contributed by atoms with van der Waals surface area (Å²) in [5.41, 5.74) is 6.60. The fourth-order valence-electron chi connectivity index (χ4n) is 4.74. The van der Waals surface area contributed by atoms with E-state index < -0.39 is 41.6 Å². The van der Waals surface area contributed by atoms with Crippen LogP contribution in [0.25, 0.3) is 11.3 Å². The molecule has 38 heavy (non-hydrogen) atoms. The molecule has 2 atom stereocenters. The highest BCUT2D eigenvalue weighted by molar-refractivity contribution is 7.10. The average Bonchev–Trinajstić information content (AvgIpc) is 3.45. The molecule has 2 aromatic heterocycles. The number of allylic oxidation sites excluding steroid dienone is 2. The van der Waals surface area contributed by atoms with Crippen LogP contribution in [0.5, 0.6) is 0 Å². The van der Waals surface area contributed by atoms with Crippen molar-refractivity contribution in [1.82, 2.24) is 4.57 Å². The van der Waals surface area contributed by atoms with E-state index in [9.17, 15) is 24.8 Å². The molecule has 3 rings (SSSR count). The molecule has 0 aliphatic carbocycles. The summed E-state index contributed by atoms with van der Waals surface area (Å²) in [6.45, 7) is 9.64. The van der Waals surface area contributed by atoms with Crippen LogP contribution in [0, 0.1) is 11.3 Å². The van der Waals surface area contributed by atoms with Crippen LogP contribution in [0.3, 0.4) is 0 Å². The van der Waals surface area contributed by atoms with Crippen molar-refractivity contribution in [3.63, 3.8) is 0 Å². The van der Waals surface area contributed by atoms with Gasteiger partial charge in [0.15, 0.2) is 0 Å². The lowest BCUT2D eigenvalue weighted by Gasteiger charge is -2.34. The summed E-state index contributed by atoms with van der Waals surface area (Å²) in [5.74, 6) is -4.85. The maximum absolute atomic E-state index is 13.7. The maximum Gasteiger partial charge on any atom is 0.342 e. The highest BCUT2D eigenvalue weighted by Gasteiger charge is 2.48. The number of aliphatic hydroxyl groups is 1. The second-order valence-corrected chi connectivity index (χ2v) is 9.80. The van der Waals surface area contributed by atoms with Crippen molar-refractivity contribution in [3.8, 4) is 6.07 Å². The van der Waals surface area contributed by atoms with Crippen LogP contribution in [-0.2, 0) is 28.6 Å². The summed E-state index contributed by atoms with van der Waals surface area (Å²) in [6, 6.07) is 5.57. The second kappa shape index (κ2) is 11.6. The number of aliphatic hydroxyl groups excluding tert-OH is 1. The molecule has 0 aromatic carbocycles. The van der Waals surface area contributed by atoms with Crippen LogP contribution in [0.1, 0.15) is 75.1 Å². The second-order valence-electron chi connectivity index (χ2n) is 8.82. The highest BCUT2D eigenvalue weighted by atomic mass is 32.1. The molecule has 0 saturated carbocycles. The Labute approximate surface area is 224 Å². The van der Waals surface area contributed by atoms with E-state index in [1.807, 2.05) is 11.4 Å². The molecule has 0 spiro atoms. The molecule has 10 nitrogen and oxygen atoms in total. The molecule has 0 radical (unpaired) electrons. The zero-order valence-electron chi connectivity index (χ0n) is 22.2. The first-order valence-electron chi connectivity index (χ1n) is 12.1. The van der Waals surface area contributed by atoms with E-state index in [0.717, 1.165) is 0 Å². The third-order valence-electron chi connectivity index (χ3n) is 6.06. The van der Waals surface area contributed by atoms with Gasteiger partial charge in [-0.3, -0.25) is 4.79 Å². The van der Waals surface area contributed by atoms with Gasteiger partial charge in [0.25, 0.3) is 0 Å². The molecule has 202 valence electrons. The molecule has 1 aliphatic heterocycles. The zero-order valence-corrected chi connectivity index (χ0v) is 23.0. The van der Waals surface area contributed by atoms with Gasteiger partial charge in [0.1, 0.15) is 34.7 Å². The van der Waals surface area contributed by atoms with Gasteiger partial charge < -0.3 is 29.6 Å². The Balaban J connectivity index is 2.54. The molecule has 3 heterocycles. The van der Waals surface area contributed by atoms with E-state index >= 15 is 0 Å². The van der Waals surface area contributed by atoms with Gasteiger partial charge in [-0.25, -0.2) is 9.59 Å². The number of carbonyl (C=O) groups excluding carboxylic acids is 3. The molecule has 3 N–H and O–H groups in total. The van der Waals surface area contributed by atoms with Crippen LogP contribution in [0.15, 0.2) is 28.8 Å². The van der Waals surface area contributed by atoms with Gasteiger partial charge >= 0.3 is 17.9 Å². The first kappa shape index (κ1) is 28.5. The number of nitrogens with two attached hydrogens (primary N) is 1. The van der Waals surface area contributed by atoms with Crippen molar-refractivity contribution in [2.75, 3.05) is 18.9 Å². The summed E-state index contributed by atoms with van der Waals surface area (Å²) in [6.07, 6.45) is -0.532. The minimum absolute atomic E-state index is 0.0394. The molecule has 2 aromatic rings. The summed E-state index contributed by atoms with van der Waals surface area (Å²) in [7, 11) is 0. The Kier molecular flexibility index (Phi) is 8.68. The number of nitriles is 1. The van der Waals surface area contributed by atoms with Gasteiger partial charge in [0.2, 0.25) is 0 Å². The summed E-state index contributed by atoms with van der Waals surface area (Å²) in [4.78, 5) is 40.9. The Morgan fingerprint density at radius 2 is 1.89 bits per heavy atom. The number of anilines is 1. The predicted octanol–water partition coefficient (Wildman–Crippen LogP) is 4.48. The molecule has 0 amide bonds. The molecule has 0 saturated heterocycles. The number of hydrogen-bond donors (Lipinski definition) is 2. The fraction of sp³-hybridized carbons (Fsp3) is 0.407.